The van der Waals surface area contributed by atoms with Gasteiger partial charge in [-0.3, -0.25) is 4.79 Å². The van der Waals surface area contributed by atoms with Crippen molar-refractivity contribution in [1.29, 1.82) is 5.26 Å². The maximum atomic E-state index is 12.6. The van der Waals surface area contributed by atoms with Crippen LogP contribution < -0.4 is 5.32 Å². The molecule has 1 amide bonds. The summed E-state index contributed by atoms with van der Waals surface area (Å²) in [5.74, 6) is -0.172. The Bertz CT molecular complexity index is 1060. The molecule has 26 heavy (non-hydrogen) atoms. The van der Waals surface area contributed by atoms with Crippen LogP contribution in [0.25, 0.3) is 11.0 Å². The number of aromatic nitrogens is 1. The average Bonchev–Trinajstić information content (AvgIpc) is 3.15. The van der Waals surface area contributed by atoms with Crippen LogP contribution in [0.1, 0.15) is 45.7 Å². The lowest BCUT2D eigenvalue weighted by Crippen LogP contribution is -2.14. The van der Waals surface area contributed by atoms with Gasteiger partial charge in [0.1, 0.15) is 16.8 Å². The number of nitrogens with one attached hydrogen (secondary N) is 1. The Hall–Kier alpha value is -2.65. The maximum absolute atomic E-state index is 12.6. The predicted octanol–water partition coefficient (Wildman–Crippen LogP) is 4.44. The van der Waals surface area contributed by atoms with Crippen LogP contribution in [0.5, 0.6) is 0 Å². The number of fused-ring (bicyclic) bond motifs is 2. The van der Waals surface area contributed by atoms with Crippen molar-refractivity contribution in [3.63, 3.8) is 0 Å². The number of benzene rings is 1. The number of nitriles is 1. The van der Waals surface area contributed by atoms with Crippen LogP contribution >= 0.6 is 11.3 Å². The second-order valence-electron chi connectivity index (χ2n) is 6.84. The van der Waals surface area contributed by atoms with Gasteiger partial charge in [-0.2, -0.15) is 5.26 Å². The smallest absolute Gasteiger partial charge is 0.231 e. The molecule has 2 heterocycles. The Morgan fingerprint density at radius 2 is 2.15 bits per heavy atom. The SMILES string of the molecule is Cc1cc(C)c2onc(CC(=O)Nc3sc4c(c3C#N)CCCC4)c2c1. The van der Waals surface area contributed by atoms with Crippen molar-refractivity contribution in [2.75, 3.05) is 5.32 Å². The third-order valence-corrected chi connectivity index (χ3v) is 6.05. The van der Waals surface area contributed by atoms with E-state index in [2.05, 4.69) is 16.5 Å². The summed E-state index contributed by atoms with van der Waals surface area (Å²) >= 11 is 1.54. The number of anilines is 1. The fourth-order valence-electron chi connectivity index (χ4n) is 3.66. The molecule has 1 aromatic carbocycles. The Kier molecular flexibility index (Phi) is 4.25. The van der Waals surface area contributed by atoms with Crippen molar-refractivity contribution in [3.8, 4) is 6.07 Å². The molecule has 2 aromatic heterocycles. The molecule has 1 N–H and O–H groups in total. The number of hydrogen-bond donors (Lipinski definition) is 1. The number of aryl methyl sites for hydroxylation is 3. The number of thiophene rings is 1. The third kappa shape index (κ3) is 2.89. The van der Waals surface area contributed by atoms with Crippen molar-refractivity contribution in [2.45, 2.75) is 46.0 Å². The van der Waals surface area contributed by atoms with Crippen LogP contribution in [0.2, 0.25) is 0 Å². The molecule has 132 valence electrons. The van der Waals surface area contributed by atoms with E-state index in [1.807, 2.05) is 26.0 Å². The number of nitrogens with zero attached hydrogens (tertiary/aromatic N) is 2. The van der Waals surface area contributed by atoms with Gasteiger partial charge in [-0.15, -0.1) is 11.3 Å². The van der Waals surface area contributed by atoms with Gasteiger partial charge in [-0.25, -0.2) is 0 Å². The summed E-state index contributed by atoms with van der Waals surface area (Å²) in [5.41, 5.74) is 5.23. The molecule has 0 unspecified atom stereocenters. The van der Waals surface area contributed by atoms with E-state index in [1.54, 1.807) is 0 Å². The fourth-order valence-corrected chi connectivity index (χ4v) is 4.92. The number of carbonyl (C=O) groups is 1. The molecule has 0 fully saturated rings. The minimum atomic E-state index is -0.172. The molecular formula is C20H19N3O2S. The summed E-state index contributed by atoms with van der Waals surface area (Å²) in [7, 11) is 0. The van der Waals surface area contributed by atoms with Crippen LogP contribution in [0.3, 0.4) is 0 Å². The number of hydrogen-bond acceptors (Lipinski definition) is 5. The molecular weight excluding hydrogens is 346 g/mol. The normalized spacial score (nSPS) is 13.4. The third-order valence-electron chi connectivity index (χ3n) is 4.84. The first kappa shape index (κ1) is 16.8. The molecule has 0 saturated heterocycles. The van der Waals surface area contributed by atoms with Crippen LogP contribution in [0.15, 0.2) is 16.7 Å². The highest BCUT2D eigenvalue weighted by molar-refractivity contribution is 7.16. The van der Waals surface area contributed by atoms with Gasteiger partial charge in [0.2, 0.25) is 5.91 Å². The zero-order chi connectivity index (χ0) is 18.3. The summed E-state index contributed by atoms with van der Waals surface area (Å²) in [6.45, 7) is 3.98. The zero-order valence-electron chi connectivity index (χ0n) is 14.8. The second-order valence-corrected chi connectivity index (χ2v) is 7.94. The molecule has 5 nitrogen and oxygen atoms in total. The largest absolute Gasteiger partial charge is 0.356 e. The van der Waals surface area contributed by atoms with Gasteiger partial charge < -0.3 is 9.84 Å². The van der Waals surface area contributed by atoms with Crippen LogP contribution in [0, 0.1) is 25.2 Å². The first-order valence-electron chi connectivity index (χ1n) is 8.77. The van der Waals surface area contributed by atoms with Crippen molar-refractivity contribution >= 4 is 33.2 Å². The Labute approximate surface area is 155 Å². The van der Waals surface area contributed by atoms with Gasteiger partial charge >= 0.3 is 0 Å². The van der Waals surface area contributed by atoms with Gasteiger partial charge in [0.15, 0.2) is 5.58 Å². The topological polar surface area (TPSA) is 78.9 Å². The Balaban J connectivity index is 1.59. The fraction of sp³-hybridized carbons (Fsp3) is 0.350. The highest BCUT2D eigenvalue weighted by Crippen LogP contribution is 2.37. The summed E-state index contributed by atoms with van der Waals surface area (Å²) < 4.78 is 5.42. The molecule has 1 aliphatic carbocycles. The molecule has 0 radical (unpaired) electrons. The standard InChI is InChI=1S/C20H19N3O2S/c1-11-7-12(2)19-14(8-11)16(23-25-19)9-18(24)22-20-15(10-21)13-5-3-4-6-17(13)26-20/h7-8H,3-6,9H2,1-2H3,(H,22,24). The molecule has 0 spiro atoms. The quantitative estimate of drug-likeness (QED) is 0.744. The van der Waals surface area contributed by atoms with Crippen molar-refractivity contribution < 1.29 is 9.32 Å². The van der Waals surface area contributed by atoms with E-state index in [4.69, 9.17) is 4.52 Å². The monoisotopic (exact) mass is 365 g/mol. The van der Waals surface area contributed by atoms with E-state index < -0.39 is 0 Å². The van der Waals surface area contributed by atoms with E-state index in [9.17, 15) is 10.1 Å². The van der Waals surface area contributed by atoms with E-state index in [0.717, 1.165) is 53.3 Å². The highest BCUT2D eigenvalue weighted by atomic mass is 32.1. The highest BCUT2D eigenvalue weighted by Gasteiger charge is 2.22. The molecule has 0 bridgehead atoms. The zero-order valence-corrected chi connectivity index (χ0v) is 15.6. The molecule has 4 rings (SSSR count). The summed E-state index contributed by atoms with van der Waals surface area (Å²) in [6, 6.07) is 6.30. The van der Waals surface area contributed by atoms with E-state index in [1.165, 1.54) is 16.2 Å². The number of carbonyl (C=O) groups excluding carboxylic acids is 1. The van der Waals surface area contributed by atoms with Gasteiger partial charge in [-0.05, 0) is 62.3 Å². The molecule has 0 saturated carbocycles. The van der Waals surface area contributed by atoms with E-state index in [0.29, 0.717) is 16.3 Å². The minimum absolute atomic E-state index is 0.128. The molecule has 0 aliphatic heterocycles. The van der Waals surface area contributed by atoms with Crippen molar-refractivity contribution in [1.82, 2.24) is 5.16 Å². The minimum Gasteiger partial charge on any atom is -0.356 e. The van der Waals surface area contributed by atoms with Crippen LogP contribution in [-0.2, 0) is 24.1 Å². The van der Waals surface area contributed by atoms with Crippen LogP contribution in [0.4, 0.5) is 5.00 Å². The summed E-state index contributed by atoms with van der Waals surface area (Å²) in [6.07, 6.45) is 4.31. The Morgan fingerprint density at radius 1 is 1.35 bits per heavy atom. The van der Waals surface area contributed by atoms with Gasteiger partial charge in [0.25, 0.3) is 0 Å². The first-order chi connectivity index (χ1) is 12.6. The van der Waals surface area contributed by atoms with Gasteiger partial charge in [0.05, 0.1) is 12.0 Å². The lowest BCUT2D eigenvalue weighted by molar-refractivity contribution is -0.115. The first-order valence-corrected chi connectivity index (χ1v) is 9.58. The molecule has 6 heteroatoms. The summed E-state index contributed by atoms with van der Waals surface area (Å²) in [4.78, 5) is 13.8. The Morgan fingerprint density at radius 3 is 2.96 bits per heavy atom. The lowest BCUT2D eigenvalue weighted by atomic mass is 9.96. The molecule has 1 aliphatic rings. The predicted molar refractivity (Wildman–Crippen MR) is 101 cm³/mol. The number of rotatable bonds is 3. The number of amides is 1. The van der Waals surface area contributed by atoms with Crippen molar-refractivity contribution in [3.05, 3.63) is 45.0 Å². The molecule has 3 aromatic rings. The van der Waals surface area contributed by atoms with Gasteiger partial charge in [0, 0.05) is 10.3 Å². The maximum Gasteiger partial charge on any atom is 0.231 e. The second kappa shape index (κ2) is 6.58. The van der Waals surface area contributed by atoms with E-state index >= 15 is 0 Å². The average molecular weight is 365 g/mol. The summed E-state index contributed by atoms with van der Waals surface area (Å²) in [5, 5.41) is 18.1. The van der Waals surface area contributed by atoms with Gasteiger partial charge in [-0.1, -0.05) is 11.2 Å². The molecule has 0 atom stereocenters. The lowest BCUT2D eigenvalue weighted by Gasteiger charge is -2.09. The van der Waals surface area contributed by atoms with E-state index in [-0.39, 0.29) is 12.3 Å². The van der Waals surface area contributed by atoms with Crippen molar-refractivity contribution in [2.24, 2.45) is 0 Å². The van der Waals surface area contributed by atoms with Crippen LogP contribution in [-0.4, -0.2) is 11.1 Å².